The molecule has 1 saturated carbocycles. The highest BCUT2D eigenvalue weighted by Gasteiger charge is 2.39. The summed E-state index contributed by atoms with van der Waals surface area (Å²) in [5, 5.41) is 11.0. The van der Waals surface area contributed by atoms with Crippen molar-refractivity contribution in [3.8, 4) is 0 Å². The molecule has 1 fully saturated rings. The zero-order valence-electron chi connectivity index (χ0n) is 10.3. The van der Waals surface area contributed by atoms with Crippen molar-refractivity contribution >= 4 is 27.7 Å². The van der Waals surface area contributed by atoms with E-state index in [0.717, 1.165) is 17.4 Å². The lowest BCUT2D eigenvalue weighted by molar-refractivity contribution is 0.111. The highest BCUT2D eigenvalue weighted by Crippen LogP contribution is 2.32. The Morgan fingerprint density at radius 2 is 1.95 bits per heavy atom. The minimum absolute atomic E-state index is 0.166. The van der Waals surface area contributed by atoms with Gasteiger partial charge in [-0.3, -0.25) is 0 Å². The Morgan fingerprint density at radius 3 is 2.42 bits per heavy atom. The van der Waals surface area contributed by atoms with E-state index in [1.165, 1.54) is 6.08 Å². The van der Waals surface area contributed by atoms with Gasteiger partial charge in [-0.1, -0.05) is 23.7 Å². The fourth-order valence-corrected chi connectivity index (χ4v) is 3.38. The summed E-state index contributed by atoms with van der Waals surface area (Å²) in [6, 6.07) is 6.86. The molecule has 6 heteroatoms. The first-order valence-corrected chi connectivity index (χ1v) is 7.96. The van der Waals surface area contributed by atoms with Crippen LogP contribution < -0.4 is 4.72 Å². The van der Waals surface area contributed by atoms with Gasteiger partial charge in [0.05, 0.1) is 12.1 Å². The predicted molar refractivity (Wildman–Crippen MR) is 76.2 cm³/mol. The summed E-state index contributed by atoms with van der Waals surface area (Å²) in [7, 11) is -3.54. The first-order valence-electron chi connectivity index (χ1n) is 6.03. The lowest BCUT2D eigenvalue weighted by Gasteiger charge is -2.40. The van der Waals surface area contributed by atoms with E-state index >= 15 is 0 Å². The molecule has 1 aliphatic rings. The van der Waals surface area contributed by atoms with Gasteiger partial charge in [0, 0.05) is 10.4 Å². The van der Waals surface area contributed by atoms with Crippen molar-refractivity contribution in [2.24, 2.45) is 0 Å². The van der Waals surface area contributed by atoms with E-state index in [1.807, 2.05) is 0 Å². The van der Waals surface area contributed by atoms with Gasteiger partial charge in [0.15, 0.2) is 0 Å². The molecule has 19 heavy (non-hydrogen) atoms. The fraction of sp³-hybridized carbons (Fsp3) is 0.385. The van der Waals surface area contributed by atoms with Crippen molar-refractivity contribution in [1.29, 1.82) is 0 Å². The van der Waals surface area contributed by atoms with Gasteiger partial charge in [-0.25, -0.2) is 13.1 Å². The van der Waals surface area contributed by atoms with Gasteiger partial charge in [0.2, 0.25) is 10.0 Å². The third-order valence-electron chi connectivity index (χ3n) is 3.28. The largest absolute Gasteiger partial charge is 0.394 e. The lowest BCUT2D eigenvalue weighted by Crippen LogP contribution is -2.55. The van der Waals surface area contributed by atoms with Crippen molar-refractivity contribution in [3.63, 3.8) is 0 Å². The number of rotatable bonds is 5. The molecule has 0 radical (unpaired) electrons. The molecule has 4 nitrogen and oxygen atoms in total. The second-order valence-electron chi connectivity index (χ2n) is 4.79. The van der Waals surface area contributed by atoms with Gasteiger partial charge in [0.1, 0.15) is 0 Å². The molecule has 1 aromatic carbocycles. The number of sulfonamides is 1. The number of aliphatic hydroxyl groups is 1. The Balaban J connectivity index is 2.06. The summed E-state index contributed by atoms with van der Waals surface area (Å²) >= 11 is 5.75. The second kappa shape index (κ2) is 5.63. The summed E-state index contributed by atoms with van der Waals surface area (Å²) in [5.41, 5.74) is 0.0878. The van der Waals surface area contributed by atoms with Crippen LogP contribution in [0.25, 0.3) is 6.08 Å². The first-order chi connectivity index (χ1) is 8.95. The molecular weight excluding hydrogens is 286 g/mol. The number of nitrogens with one attached hydrogen (secondary N) is 1. The number of benzene rings is 1. The van der Waals surface area contributed by atoms with Gasteiger partial charge in [-0.05, 0) is 43.0 Å². The summed E-state index contributed by atoms with van der Waals surface area (Å²) in [4.78, 5) is 0. The molecule has 1 aliphatic carbocycles. The van der Waals surface area contributed by atoms with Crippen molar-refractivity contribution < 1.29 is 13.5 Å². The normalized spacial score (nSPS) is 18.4. The van der Waals surface area contributed by atoms with Crippen LogP contribution in [0.1, 0.15) is 24.8 Å². The third kappa shape index (κ3) is 3.79. The molecular formula is C13H16ClNO3S. The number of hydrogen-bond acceptors (Lipinski definition) is 3. The van der Waals surface area contributed by atoms with Crippen LogP contribution in [-0.4, -0.2) is 25.7 Å². The SMILES string of the molecule is O=S(=O)(/C=C/c1ccc(Cl)cc1)NC1(CO)CCC1. The fourth-order valence-electron chi connectivity index (χ4n) is 1.97. The Bertz CT molecular complexity index is 557. The van der Waals surface area contributed by atoms with E-state index in [9.17, 15) is 13.5 Å². The third-order valence-corrected chi connectivity index (χ3v) is 4.75. The maximum absolute atomic E-state index is 11.9. The molecule has 0 aromatic heterocycles. The van der Waals surface area contributed by atoms with Crippen molar-refractivity contribution in [1.82, 2.24) is 4.72 Å². The molecule has 0 bridgehead atoms. The van der Waals surface area contributed by atoms with E-state index in [4.69, 9.17) is 11.6 Å². The van der Waals surface area contributed by atoms with Crippen LogP contribution in [0.3, 0.4) is 0 Å². The lowest BCUT2D eigenvalue weighted by atomic mass is 9.78. The molecule has 2 N–H and O–H groups in total. The molecule has 0 atom stereocenters. The second-order valence-corrected chi connectivity index (χ2v) is 6.80. The van der Waals surface area contributed by atoms with Gasteiger partial charge in [0.25, 0.3) is 0 Å². The van der Waals surface area contributed by atoms with E-state index < -0.39 is 15.6 Å². The minimum atomic E-state index is -3.54. The maximum atomic E-state index is 11.9. The van der Waals surface area contributed by atoms with Crippen molar-refractivity contribution in [3.05, 3.63) is 40.3 Å². The zero-order valence-corrected chi connectivity index (χ0v) is 11.9. The van der Waals surface area contributed by atoms with E-state index in [2.05, 4.69) is 4.72 Å². The van der Waals surface area contributed by atoms with Crippen molar-refractivity contribution in [2.45, 2.75) is 24.8 Å². The smallest absolute Gasteiger partial charge is 0.234 e. The molecule has 1 aromatic rings. The predicted octanol–water partition coefficient (Wildman–Crippen LogP) is 2.15. The quantitative estimate of drug-likeness (QED) is 0.875. The zero-order chi connectivity index (χ0) is 13.9. The average Bonchev–Trinajstić information content (AvgIpc) is 2.33. The van der Waals surface area contributed by atoms with Crippen LogP contribution in [0.2, 0.25) is 5.02 Å². The van der Waals surface area contributed by atoms with E-state index in [1.54, 1.807) is 24.3 Å². The highest BCUT2D eigenvalue weighted by molar-refractivity contribution is 7.92. The monoisotopic (exact) mass is 301 g/mol. The Hall–Kier alpha value is -0.880. The summed E-state index contributed by atoms with van der Waals surface area (Å²) in [6.07, 6.45) is 3.79. The number of aliphatic hydroxyl groups excluding tert-OH is 1. The van der Waals surface area contributed by atoms with Crippen LogP contribution in [-0.2, 0) is 10.0 Å². The number of hydrogen-bond donors (Lipinski definition) is 2. The van der Waals surface area contributed by atoms with Gasteiger partial charge in [-0.15, -0.1) is 0 Å². The summed E-state index contributed by atoms with van der Waals surface area (Å²) in [6.45, 7) is -0.166. The molecule has 2 rings (SSSR count). The van der Waals surface area contributed by atoms with Crippen LogP contribution in [0, 0.1) is 0 Å². The van der Waals surface area contributed by atoms with Gasteiger partial charge < -0.3 is 5.11 Å². The molecule has 0 aliphatic heterocycles. The van der Waals surface area contributed by atoms with Gasteiger partial charge >= 0.3 is 0 Å². The molecule has 0 spiro atoms. The van der Waals surface area contributed by atoms with Gasteiger partial charge in [-0.2, -0.15) is 0 Å². The molecule has 0 heterocycles. The Labute approximate surface area is 118 Å². The topological polar surface area (TPSA) is 66.4 Å². The molecule has 0 saturated heterocycles. The number of halogens is 1. The van der Waals surface area contributed by atoms with Crippen molar-refractivity contribution in [2.75, 3.05) is 6.61 Å². The first kappa shape index (κ1) is 14.5. The highest BCUT2D eigenvalue weighted by atomic mass is 35.5. The van der Waals surface area contributed by atoms with E-state index in [-0.39, 0.29) is 6.61 Å². The minimum Gasteiger partial charge on any atom is -0.394 e. The molecule has 0 amide bonds. The summed E-state index contributed by atoms with van der Waals surface area (Å²) < 4.78 is 26.4. The molecule has 104 valence electrons. The van der Waals surface area contributed by atoms with E-state index in [0.29, 0.717) is 17.9 Å². The maximum Gasteiger partial charge on any atom is 0.234 e. The van der Waals surface area contributed by atoms with Crippen LogP contribution in [0.4, 0.5) is 0 Å². The van der Waals surface area contributed by atoms with Crippen LogP contribution >= 0.6 is 11.6 Å². The molecule has 0 unspecified atom stereocenters. The van der Waals surface area contributed by atoms with Crippen LogP contribution in [0.5, 0.6) is 0 Å². The Morgan fingerprint density at radius 1 is 1.32 bits per heavy atom. The standard InChI is InChI=1S/C13H16ClNO3S/c14-12-4-2-11(3-5-12)6-9-19(17,18)15-13(10-16)7-1-8-13/h2-6,9,15-16H,1,7-8,10H2/b9-6+. The summed E-state index contributed by atoms with van der Waals surface area (Å²) in [5.74, 6) is 0. The average molecular weight is 302 g/mol. The van der Waals surface area contributed by atoms with Crippen LogP contribution in [0.15, 0.2) is 29.7 Å². The Kier molecular flexibility index (Phi) is 4.30.